The van der Waals surface area contributed by atoms with Crippen molar-refractivity contribution in [2.45, 2.75) is 6.42 Å². The second-order valence-electron chi connectivity index (χ2n) is 2.86. The average molecular weight is 220 g/mol. The van der Waals surface area contributed by atoms with Gasteiger partial charge in [-0.2, -0.15) is 12.6 Å². The molecule has 0 bridgehead atoms. The zero-order valence-corrected chi connectivity index (χ0v) is 8.67. The summed E-state index contributed by atoms with van der Waals surface area (Å²) >= 11 is 4.05. The van der Waals surface area contributed by atoms with Gasteiger partial charge in [0, 0.05) is 30.0 Å². The highest BCUT2D eigenvalue weighted by Crippen LogP contribution is 2.07. The molecular weight excluding hydrogens is 212 g/mol. The van der Waals surface area contributed by atoms with Crippen molar-refractivity contribution in [2.75, 3.05) is 5.75 Å². The molecule has 76 valence electrons. The van der Waals surface area contributed by atoms with Gasteiger partial charge in [-0.15, -0.1) is 0 Å². The predicted molar refractivity (Wildman–Crippen MR) is 60.0 cm³/mol. The number of nitrogens with one attached hydrogen (secondary N) is 1. The standard InChI is InChI=1S/C10H8N2O2S/c13-10-12-9-8(14-10)5-7(6-11-9)3-1-2-4-15/h5-6,15H,2,4H2,(H,11,12,13). The van der Waals surface area contributed by atoms with E-state index in [0.29, 0.717) is 11.2 Å². The molecule has 0 amide bonds. The number of hydrogen-bond donors (Lipinski definition) is 2. The average Bonchev–Trinajstić information content (AvgIpc) is 2.57. The van der Waals surface area contributed by atoms with Gasteiger partial charge in [-0.05, 0) is 0 Å². The first-order chi connectivity index (χ1) is 7.29. The molecule has 2 aromatic rings. The molecule has 0 fully saturated rings. The lowest BCUT2D eigenvalue weighted by Crippen LogP contribution is -1.93. The van der Waals surface area contributed by atoms with Crippen molar-refractivity contribution in [1.82, 2.24) is 9.97 Å². The molecule has 1 N–H and O–H groups in total. The molecule has 0 aliphatic rings. The minimum Gasteiger partial charge on any atom is -0.406 e. The van der Waals surface area contributed by atoms with E-state index in [1.54, 1.807) is 12.3 Å². The monoisotopic (exact) mass is 220 g/mol. The number of rotatable bonds is 1. The van der Waals surface area contributed by atoms with E-state index in [2.05, 4.69) is 34.4 Å². The molecule has 2 rings (SSSR count). The van der Waals surface area contributed by atoms with E-state index in [4.69, 9.17) is 4.42 Å². The molecule has 2 aromatic heterocycles. The molecule has 15 heavy (non-hydrogen) atoms. The van der Waals surface area contributed by atoms with Crippen LogP contribution < -0.4 is 5.76 Å². The van der Waals surface area contributed by atoms with Crippen LogP contribution in [0.15, 0.2) is 21.5 Å². The topological polar surface area (TPSA) is 58.9 Å². The van der Waals surface area contributed by atoms with Crippen molar-refractivity contribution in [1.29, 1.82) is 0 Å². The number of thiol groups is 1. The van der Waals surface area contributed by atoms with Gasteiger partial charge in [0.1, 0.15) is 0 Å². The van der Waals surface area contributed by atoms with E-state index in [1.807, 2.05) is 0 Å². The maximum atomic E-state index is 10.9. The van der Waals surface area contributed by atoms with E-state index in [9.17, 15) is 4.79 Å². The Labute approximate surface area is 91.1 Å². The van der Waals surface area contributed by atoms with Crippen LogP contribution in [-0.4, -0.2) is 15.7 Å². The maximum absolute atomic E-state index is 10.9. The van der Waals surface area contributed by atoms with Crippen molar-refractivity contribution in [2.24, 2.45) is 0 Å². The summed E-state index contributed by atoms with van der Waals surface area (Å²) < 4.78 is 4.86. The third-order valence-electron chi connectivity index (χ3n) is 1.75. The van der Waals surface area contributed by atoms with Crippen molar-refractivity contribution < 1.29 is 4.42 Å². The van der Waals surface area contributed by atoms with E-state index in [-0.39, 0.29) is 0 Å². The van der Waals surface area contributed by atoms with Crippen molar-refractivity contribution in [3.63, 3.8) is 0 Å². The second kappa shape index (κ2) is 4.24. The Morgan fingerprint density at radius 2 is 2.47 bits per heavy atom. The molecule has 0 unspecified atom stereocenters. The second-order valence-corrected chi connectivity index (χ2v) is 3.31. The zero-order valence-electron chi connectivity index (χ0n) is 7.78. The summed E-state index contributed by atoms with van der Waals surface area (Å²) in [5, 5.41) is 0. The summed E-state index contributed by atoms with van der Waals surface area (Å²) in [6.07, 6.45) is 2.32. The number of aromatic amines is 1. The van der Waals surface area contributed by atoms with Crippen LogP contribution in [-0.2, 0) is 0 Å². The quantitative estimate of drug-likeness (QED) is 0.560. The molecule has 4 nitrogen and oxygen atoms in total. The van der Waals surface area contributed by atoms with Gasteiger partial charge in [-0.1, -0.05) is 11.8 Å². The highest BCUT2D eigenvalue weighted by atomic mass is 32.1. The summed E-state index contributed by atoms with van der Waals surface area (Å²) in [5.41, 5.74) is 1.60. The summed E-state index contributed by atoms with van der Waals surface area (Å²) in [6, 6.07) is 1.69. The minimum absolute atomic E-state index is 0.428. The van der Waals surface area contributed by atoms with Gasteiger partial charge in [0.05, 0.1) is 0 Å². The summed E-state index contributed by atoms with van der Waals surface area (Å²) in [4.78, 5) is 17.3. The van der Waals surface area contributed by atoms with E-state index >= 15 is 0 Å². The largest absolute Gasteiger partial charge is 0.418 e. The smallest absolute Gasteiger partial charge is 0.406 e. The van der Waals surface area contributed by atoms with Gasteiger partial charge >= 0.3 is 5.76 Å². The fourth-order valence-electron chi connectivity index (χ4n) is 1.13. The fraction of sp³-hybridized carbons (Fsp3) is 0.200. The van der Waals surface area contributed by atoms with Crippen LogP contribution in [0.25, 0.3) is 11.2 Å². The number of H-pyrrole nitrogens is 1. The van der Waals surface area contributed by atoms with Crippen LogP contribution in [0, 0.1) is 11.8 Å². The van der Waals surface area contributed by atoms with Gasteiger partial charge in [0.25, 0.3) is 0 Å². The number of fused-ring (bicyclic) bond motifs is 1. The Bertz CT molecular complexity index is 588. The lowest BCUT2D eigenvalue weighted by molar-refractivity contribution is 0.555. The maximum Gasteiger partial charge on any atom is 0.418 e. The first kappa shape index (κ1) is 9.87. The molecule has 0 atom stereocenters. The number of pyridine rings is 1. The lowest BCUT2D eigenvalue weighted by atomic mass is 10.3. The molecule has 0 aliphatic heterocycles. The zero-order chi connectivity index (χ0) is 10.7. The molecule has 0 radical (unpaired) electrons. The van der Waals surface area contributed by atoms with Crippen LogP contribution in [0.3, 0.4) is 0 Å². The first-order valence-corrected chi connectivity index (χ1v) is 5.01. The van der Waals surface area contributed by atoms with Gasteiger partial charge in [-0.3, -0.25) is 4.98 Å². The summed E-state index contributed by atoms with van der Waals surface area (Å²) in [7, 11) is 0. The van der Waals surface area contributed by atoms with E-state index in [1.165, 1.54) is 0 Å². The molecular formula is C10H8N2O2S. The minimum atomic E-state index is -0.502. The summed E-state index contributed by atoms with van der Waals surface area (Å²) in [5.74, 6) is 6.06. The van der Waals surface area contributed by atoms with Crippen LogP contribution in [0.4, 0.5) is 0 Å². The molecule has 0 saturated heterocycles. The SMILES string of the molecule is O=c1[nH]c2ncc(C#CCCS)cc2o1. The van der Waals surface area contributed by atoms with Crippen LogP contribution >= 0.6 is 12.6 Å². The first-order valence-electron chi connectivity index (χ1n) is 4.38. The number of aromatic nitrogens is 2. The highest BCUT2D eigenvalue weighted by molar-refractivity contribution is 7.80. The van der Waals surface area contributed by atoms with Crippen LogP contribution in [0.2, 0.25) is 0 Å². The van der Waals surface area contributed by atoms with Crippen molar-refractivity contribution in [3.05, 3.63) is 28.4 Å². The van der Waals surface area contributed by atoms with Crippen molar-refractivity contribution in [3.8, 4) is 11.8 Å². The van der Waals surface area contributed by atoms with Crippen molar-refractivity contribution >= 4 is 23.9 Å². The number of nitrogens with zero attached hydrogens (tertiary/aromatic N) is 1. The molecule has 0 aromatic carbocycles. The molecule has 0 aliphatic carbocycles. The highest BCUT2D eigenvalue weighted by Gasteiger charge is 2.01. The summed E-state index contributed by atoms with van der Waals surface area (Å²) in [6.45, 7) is 0. The van der Waals surface area contributed by atoms with Crippen LogP contribution in [0.5, 0.6) is 0 Å². The third-order valence-corrected chi connectivity index (χ3v) is 1.97. The van der Waals surface area contributed by atoms with Crippen LogP contribution in [0.1, 0.15) is 12.0 Å². The van der Waals surface area contributed by atoms with Gasteiger partial charge in [0.2, 0.25) is 0 Å². The predicted octanol–water partition coefficient (Wildman–Crippen LogP) is 1.19. The Balaban J connectivity index is 2.39. The molecule has 5 heteroatoms. The molecule has 0 saturated carbocycles. The molecule has 2 heterocycles. The Morgan fingerprint density at radius 3 is 3.27 bits per heavy atom. The van der Waals surface area contributed by atoms with Gasteiger partial charge in [-0.25, -0.2) is 9.78 Å². The Kier molecular flexibility index (Phi) is 2.79. The van der Waals surface area contributed by atoms with E-state index in [0.717, 1.165) is 17.7 Å². The Hall–Kier alpha value is -1.67. The normalized spacial score (nSPS) is 9.93. The molecule has 0 spiro atoms. The third kappa shape index (κ3) is 2.22. The van der Waals surface area contributed by atoms with Gasteiger partial charge < -0.3 is 4.42 Å². The fourth-order valence-corrected chi connectivity index (χ4v) is 1.24. The van der Waals surface area contributed by atoms with Gasteiger partial charge in [0.15, 0.2) is 11.2 Å². The number of hydrogen-bond acceptors (Lipinski definition) is 4. The lowest BCUT2D eigenvalue weighted by Gasteiger charge is -1.88. The Morgan fingerprint density at radius 1 is 1.60 bits per heavy atom. The number of oxazole rings is 1. The van der Waals surface area contributed by atoms with E-state index < -0.39 is 5.76 Å².